The first-order valence-corrected chi connectivity index (χ1v) is 7.89. The Bertz CT molecular complexity index is 597. The second-order valence-corrected chi connectivity index (χ2v) is 6.02. The number of nitrogens with zero attached hydrogens (tertiary/aromatic N) is 1. The van der Waals surface area contributed by atoms with Crippen LogP contribution in [-0.2, 0) is 6.54 Å². The van der Waals surface area contributed by atoms with Crippen molar-refractivity contribution in [3.05, 3.63) is 64.7 Å². The Morgan fingerprint density at radius 1 is 1.14 bits per heavy atom. The third-order valence-electron chi connectivity index (χ3n) is 4.25. The Hall–Kier alpha value is -1.51. The molecule has 0 spiro atoms. The first-order valence-electron chi connectivity index (χ1n) is 7.51. The van der Waals surface area contributed by atoms with Crippen molar-refractivity contribution in [1.29, 1.82) is 0 Å². The highest BCUT2D eigenvalue weighted by Gasteiger charge is 2.25. The van der Waals surface area contributed by atoms with Crippen LogP contribution < -0.4 is 10.2 Å². The van der Waals surface area contributed by atoms with Gasteiger partial charge in [-0.15, -0.1) is 0 Å². The van der Waals surface area contributed by atoms with Gasteiger partial charge in [0.15, 0.2) is 0 Å². The van der Waals surface area contributed by atoms with Crippen molar-refractivity contribution in [1.82, 2.24) is 5.32 Å². The molecule has 1 atom stereocenters. The SMILES string of the molecule is CNCc1c(Cl)cccc1N1CCC(c2ccccc2)C1. The third-order valence-corrected chi connectivity index (χ3v) is 4.60. The largest absolute Gasteiger partial charge is 0.371 e. The summed E-state index contributed by atoms with van der Waals surface area (Å²) in [6.45, 7) is 2.97. The van der Waals surface area contributed by atoms with Gasteiger partial charge in [0.2, 0.25) is 0 Å². The first-order chi connectivity index (χ1) is 10.3. The maximum absolute atomic E-state index is 6.37. The standard InChI is InChI=1S/C18H21ClN2/c1-20-12-16-17(19)8-5-9-18(16)21-11-10-15(13-21)14-6-3-2-4-7-14/h2-9,15,20H,10-13H2,1H3. The molecule has 0 aromatic heterocycles. The molecule has 2 aromatic rings. The van der Waals surface area contributed by atoms with Crippen LogP contribution >= 0.6 is 11.6 Å². The van der Waals surface area contributed by atoms with Gasteiger partial charge in [0.25, 0.3) is 0 Å². The molecule has 0 saturated carbocycles. The number of hydrogen-bond donors (Lipinski definition) is 1. The summed E-state index contributed by atoms with van der Waals surface area (Å²) in [5, 5.41) is 4.07. The summed E-state index contributed by atoms with van der Waals surface area (Å²) >= 11 is 6.37. The fourth-order valence-electron chi connectivity index (χ4n) is 3.17. The topological polar surface area (TPSA) is 15.3 Å². The van der Waals surface area contributed by atoms with Gasteiger partial charge in [-0.2, -0.15) is 0 Å². The summed E-state index contributed by atoms with van der Waals surface area (Å²) < 4.78 is 0. The van der Waals surface area contributed by atoms with E-state index in [1.165, 1.54) is 23.2 Å². The summed E-state index contributed by atoms with van der Waals surface area (Å²) in [5.74, 6) is 0.618. The zero-order chi connectivity index (χ0) is 14.7. The molecule has 2 nitrogen and oxygen atoms in total. The summed E-state index contributed by atoms with van der Waals surface area (Å²) in [4.78, 5) is 2.47. The molecule has 21 heavy (non-hydrogen) atoms. The van der Waals surface area contributed by atoms with E-state index in [0.29, 0.717) is 5.92 Å². The second kappa shape index (κ2) is 6.50. The fraction of sp³-hybridized carbons (Fsp3) is 0.333. The molecule has 1 aliphatic heterocycles. The van der Waals surface area contributed by atoms with Gasteiger partial charge in [0, 0.05) is 41.8 Å². The van der Waals surface area contributed by atoms with Gasteiger partial charge < -0.3 is 10.2 Å². The zero-order valence-corrected chi connectivity index (χ0v) is 13.1. The van der Waals surface area contributed by atoms with Crippen molar-refractivity contribution < 1.29 is 0 Å². The summed E-state index contributed by atoms with van der Waals surface area (Å²) in [5.41, 5.74) is 3.92. The van der Waals surface area contributed by atoms with Gasteiger partial charge in [-0.3, -0.25) is 0 Å². The number of halogens is 1. The molecule has 110 valence electrons. The average Bonchev–Trinajstić information content (AvgIpc) is 3.00. The molecule has 0 bridgehead atoms. The lowest BCUT2D eigenvalue weighted by Gasteiger charge is -2.23. The maximum atomic E-state index is 6.37. The minimum Gasteiger partial charge on any atom is -0.371 e. The van der Waals surface area contributed by atoms with E-state index in [1.807, 2.05) is 19.2 Å². The quantitative estimate of drug-likeness (QED) is 0.916. The van der Waals surface area contributed by atoms with Gasteiger partial charge in [-0.05, 0) is 31.2 Å². The van der Waals surface area contributed by atoms with E-state index in [0.717, 1.165) is 24.7 Å². The second-order valence-electron chi connectivity index (χ2n) is 5.61. The predicted molar refractivity (Wildman–Crippen MR) is 90.2 cm³/mol. The summed E-state index contributed by atoms with van der Waals surface area (Å²) in [6, 6.07) is 17.0. The van der Waals surface area contributed by atoms with Crippen LogP contribution in [0.2, 0.25) is 5.02 Å². The Morgan fingerprint density at radius 3 is 2.71 bits per heavy atom. The molecular formula is C18H21ClN2. The predicted octanol–water partition coefficient (Wildman–Crippen LogP) is 4.05. The van der Waals surface area contributed by atoms with Gasteiger partial charge in [-0.25, -0.2) is 0 Å². The first kappa shape index (κ1) is 14.4. The van der Waals surface area contributed by atoms with Crippen molar-refractivity contribution in [3.8, 4) is 0 Å². The maximum Gasteiger partial charge on any atom is 0.0471 e. The lowest BCUT2D eigenvalue weighted by molar-refractivity contribution is 0.773. The van der Waals surface area contributed by atoms with Crippen LogP contribution in [0, 0.1) is 0 Å². The van der Waals surface area contributed by atoms with Crippen molar-refractivity contribution in [2.45, 2.75) is 18.9 Å². The van der Waals surface area contributed by atoms with Crippen LogP contribution in [0.3, 0.4) is 0 Å². The van der Waals surface area contributed by atoms with Gasteiger partial charge in [0.1, 0.15) is 0 Å². The molecule has 1 fully saturated rings. The molecule has 0 amide bonds. The van der Waals surface area contributed by atoms with Crippen LogP contribution in [0.4, 0.5) is 5.69 Å². The number of nitrogens with one attached hydrogen (secondary N) is 1. The molecule has 0 aliphatic carbocycles. The van der Waals surface area contributed by atoms with E-state index in [4.69, 9.17) is 11.6 Å². The lowest BCUT2D eigenvalue weighted by atomic mass is 9.99. The number of anilines is 1. The number of hydrogen-bond acceptors (Lipinski definition) is 2. The summed E-state index contributed by atoms with van der Waals surface area (Å²) in [6.07, 6.45) is 1.20. The average molecular weight is 301 g/mol. The van der Waals surface area contributed by atoms with Crippen LogP contribution in [0.5, 0.6) is 0 Å². The third kappa shape index (κ3) is 3.07. The highest BCUT2D eigenvalue weighted by atomic mass is 35.5. The molecule has 2 aromatic carbocycles. The highest BCUT2D eigenvalue weighted by Crippen LogP contribution is 2.34. The summed E-state index contributed by atoms with van der Waals surface area (Å²) in [7, 11) is 1.96. The van der Waals surface area contributed by atoms with Crippen molar-refractivity contribution in [2.75, 3.05) is 25.0 Å². The van der Waals surface area contributed by atoms with Gasteiger partial charge in [0.05, 0.1) is 0 Å². The molecule has 0 radical (unpaired) electrons. The van der Waals surface area contributed by atoms with E-state index < -0.39 is 0 Å². The Balaban J connectivity index is 1.82. The molecule has 1 saturated heterocycles. The lowest BCUT2D eigenvalue weighted by Crippen LogP contribution is -2.22. The van der Waals surface area contributed by atoms with E-state index in [2.05, 4.69) is 46.6 Å². The smallest absolute Gasteiger partial charge is 0.0471 e. The van der Waals surface area contributed by atoms with E-state index in [1.54, 1.807) is 0 Å². The van der Waals surface area contributed by atoms with Crippen molar-refractivity contribution in [2.24, 2.45) is 0 Å². The molecule has 3 rings (SSSR count). The van der Waals surface area contributed by atoms with Gasteiger partial charge >= 0.3 is 0 Å². The van der Waals surface area contributed by atoms with E-state index >= 15 is 0 Å². The van der Waals surface area contributed by atoms with Crippen LogP contribution in [-0.4, -0.2) is 20.1 Å². The normalized spacial score (nSPS) is 18.2. The molecule has 1 heterocycles. The highest BCUT2D eigenvalue weighted by molar-refractivity contribution is 6.31. The molecular weight excluding hydrogens is 280 g/mol. The van der Waals surface area contributed by atoms with Crippen LogP contribution in [0.25, 0.3) is 0 Å². The molecule has 3 heteroatoms. The number of rotatable bonds is 4. The Kier molecular flexibility index (Phi) is 4.47. The monoisotopic (exact) mass is 300 g/mol. The fourth-order valence-corrected chi connectivity index (χ4v) is 3.41. The van der Waals surface area contributed by atoms with E-state index in [9.17, 15) is 0 Å². The Labute approximate surface area is 131 Å². The Morgan fingerprint density at radius 2 is 1.95 bits per heavy atom. The van der Waals surface area contributed by atoms with E-state index in [-0.39, 0.29) is 0 Å². The van der Waals surface area contributed by atoms with Gasteiger partial charge in [-0.1, -0.05) is 48.0 Å². The molecule has 1 unspecified atom stereocenters. The van der Waals surface area contributed by atoms with Crippen LogP contribution in [0.1, 0.15) is 23.5 Å². The minimum absolute atomic E-state index is 0.618. The number of benzene rings is 2. The zero-order valence-electron chi connectivity index (χ0n) is 12.3. The molecule has 1 aliphatic rings. The van der Waals surface area contributed by atoms with Crippen molar-refractivity contribution in [3.63, 3.8) is 0 Å². The molecule has 1 N–H and O–H groups in total. The minimum atomic E-state index is 0.618. The van der Waals surface area contributed by atoms with Crippen molar-refractivity contribution >= 4 is 17.3 Å². The van der Waals surface area contributed by atoms with Crippen LogP contribution in [0.15, 0.2) is 48.5 Å².